The second-order valence-corrected chi connectivity index (χ2v) is 6.88. The van der Waals surface area contributed by atoms with Crippen molar-refractivity contribution in [3.63, 3.8) is 0 Å². The molecule has 0 saturated heterocycles. The predicted molar refractivity (Wildman–Crippen MR) is 111 cm³/mol. The summed E-state index contributed by atoms with van der Waals surface area (Å²) in [6.07, 6.45) is 7.39. The van der Waals surface area contributed by atoms with Crippen molar-refractivity contribution in [1.82, 2.24) is 4.98 Å². The number of carbonyl (C=O) groups is 1. The fourth-order valence-corrected chi connectivity index (χ4v) is 3.58. The molecule has 6 nitrogen and oxygen atoms in total. The minimum Gasteiger partial charge on any atom is -0.399 e. The molecule has 1 aromatic carbocycles. The normalized spacial score (nSPS) is 14.3. The molecule has 26 heavy (non-hydrogen) atoms. The van der Waals surface area contributed by atoms with Gasteiger partial charge in [0.15, 0.2) is 0 Å². The van der Waals surface area contributed by atoms with E-state index in [0.717, 1.165) is 23.5 Å². The van der Waals surface area contributed by atoms with Crippen LogP contribution < -0.4 is 21.7 Å². The van der Waals surface area contributed by atoms with E-state index < -0.39 is 0 Å². The number of nitrogens with one attached hydrogen (secondary N) is 1. The minimum absolute atomic E-state index is 0.153. The van der Waals surface area contributed by atoms with Crippen LogP contribution in [0.2, 0.25) is 0 Å². The van der Waals surface area contributed by atoms with Gasteiger partial charge in [-0.1, -0.05) is 18.2 Å². The molecule has 0 atom stereocenters. The second kappa shape index (κ2) is 7.97. The highest BCUT2D eigenvalue weighted by Crippen LogP contribution is 2.31. The lowest BCUT2D eigenvalue weighted by molar-refractivity contribution is -0.112. The molecule has 1 amide bonds. The van der Waals surface area contributed by atoms with Crippen molar-refractivity contribution in [3.05, 3.63) is 59.3 Å². The molecular weight excluding hydrogens is 346 g/mol. The zero-order valence-electron chi connectivity index (χ0n) is 14.5. The van der Waals surface area contributed by atoms with Gasteiger partial charge in [-0.05, 0) is 31.2 Å². The summed E-state index contributed by atoms with van der Waals surface area (Å²) < 4.78 is 0. The van der Waals surface area contributed by atoms with E-state index in [0.29, 0.717) is 22.1 Å². The van der Waals surface area contributed by atoms with Gasteiger partial charge in [-0.3, -0.25) is 4.79 Å². The molecule has 2 aromatic rings. The van der Waals surface area contributed by atoms with Gasteiger partial charge < -0.3 is 21.7 Å². The average molecular weight is 367 g/mol. The molecule has 5 N–H and O–H groups in total. The van der Waals surface area contributed by atoms with Gasteiger partial charge in [0.25, 0.3) is 5.91 Å². The number of hydrogen-bond acceptors (Lipinski definition) is 6. The summed E-state index contributed by atoms with van der Waals surface area (Å²) in [4.78, 5) is 19.4. The summed E-state index contributed by atoms with van der Waals surface area (Å²) >= 11 is 1.53. The van der Waals surface area contributed by atoms with E-state index in [-0.39, 0.29) is 5.91 Å². The van der Waals surface area contributed by atoms with Crippen LogP contribution in [0.3, 0.4) is 0 Å². The summed E-state index contributed by atoms with van der Waals surface area (Å²) in [7, 11) is 0. The number of pyridine rings is 1. The number of hydrogen-bond donors (Lipinski definition) is 3. The number of aromatic nitrogens is 1. The maximum atomic E-state index is 12.6. The molecule has 134 valence electrons. The van der Waals surface area contributed by atoms with E-state index in [2.05, 4.69) is 10.3 Å². The maximum absolute atomic E-state index is 12.6. The molecule has 1 aliphatic heterocycles. The fraction of sp³-hybridized carbons (Fsp3) is 0.158. The molecule has 7 heteroatoms. The van der Waals surface area contributed by atoms with Crippen molar-refractivity contribution < 1.29 is 4.79 Å². The van der Waals surface area contributed by atoms with E-state index >= 15 is 0 Å². The Hall–Kier alpha value is -2.93. The van der Waals surface area contributed by atoms with Crippen LogP contribution in [0.5, 0.6) is 0 Å². The van der Waals surface area contributed by atoms with Crippen molar-refractivity contribution in [3.8, 4) is 0 Å². The van der Waals surface area contributed by atoms with Crippen molar-refractivity contribution in [2.75, 3.05) is 34.0 Å². The van der Waals surface area contributed by atoms with Crippen LogP contribution in [0, 0.1) is 0 Å². The first-order valence-electron chi connectivity index (χ1n) is 8.24. The third-order valence-electron chi connectivity index (χ3n) is 3.87. The molecule has 0 bridgehead atoms. The van der Waals surface area contributed by atoms with Gasteiger partial charge in [0.1, 0.15) is 5.82 Å². The third-order valence-corrected chi connectivity index (χ3v) is 4.86. The smallest absolute Gasteiger partial charge is 0.263 e. The Balaban J connectivity index is 1.86. The highest BCUT2D eigenvalue weighted by Gasteiger charge is 2.20. The fourth-order valence-electron chi connectivity index (χ4n) is 2.69. The van der Waals surface area contributed by atoms with Gasteiger partial charge in [-0.25, -0.2) is 4.98 Å². The van der Waals surface area contributed by atoms with Gasteiger partial charge in [0.05, 0.1) is 10.6 Å². The monoisotopic (exact) mass is 367 g/mol. The van der Waals surface area contributed by atoms with Crippen LogP contribution >= 0.6 is 11.8 Å². The number of allylic oxidation sites excluding steroid dienone is 1. The highest BCUT2D eigenvalue weighted by atomic mass is 32.2. The molecule has 0 spiro atoms. The first kappa shape index (κ1) is 17.9. The number of anilines is 4. The summed E-state index contributed by atoms with van der Waals surface area (Å²) in [6.45, 7) is 2.72. The second-order valence-electron chi connectivity index (χ2n) is 5.74. The van der Waals surface area contributed by atoms with Gasteiger partial charge in [-0.2, -0.15) is 0 Å². The number of nitrogen functional groups attached to an aromatic ring is 2. The summed E-state index contributed by atoms with van der Waals surface area (Å²) in [5.74, 6) is 1.12. The lowest BCUT2D eigenvalue weighted by Gasteiger charge is -2.27. The topological polar surface area (TPSA) is 97.3 Å². The molecule has 2 heterocycles. The maximum Gasteiger partial charge on any atom is 0.263 e. The number of nitrogens with zero attached hydrogens (tertiary/aromatic N) is 2. The molecule has 3 rings (SSSR count). The number of thioether (sulfide) groups is 1. The van der Waals surface area contributed by atoms with Gasteiger partial charge >= 0.3 is 0 Å². The molecule has 1 aliphatic rings. The van der Waals surface area contributed by atoms with Crippen molar-refractivity contribution in [2.45, 2.75) is 6.92 Å². The number of carbonyl (C=O) groups excluding carboxylic acids is 1. The Morgan fingerprint density at radius 3 is 2.96 bits per heavy atom. The molecule has 0 unspecified atom stereocenters. The number of rotatable bonds is 4. The summed E-state index contributed by atoms with van der Waals surface area (Å²) in [5, 5.41) is 2.89. The van der Waals surface area contributed by atoms with E-state index in [1.54, 1.807) is 18.3 Å². The zero-order valence-corrected chi connectivity index (χ0v) is 15.3. The average Bonchev–Trinajstić information content (AvgIpc) is 2.63. The van der Waals surface area contributed by atoms with Crippen molar-refractivity contribution >= 4 is 46.6 Å². The Bertz CT molecular complexity index is 878. The van der Waals surface area contributed by atoms with Gasteiger partial charge in [-0.15, -0.1) is 11.8 Å². The SMILES string of the molecule is C/C=C\c1c(N2C=C(C(=O)Nc3cccc(N)c3)SCC2)ccnc1N. The Kier molecular flexibility index (Phi) is 5.48. The van der Waals surface area contributed by atoms with Crippen LogP contribution in [0.15, 0.2) is 53.7 Å². The quantitative estimate of drug-likeness (QED) is 0.717. The largest absolute Gasteiger partial charge is 0.399 e. The van der Waals surface area contributed by atoms with Gasteiger partial charge in [0.2, 0.25) is 0 Å². The van der Waals surface area contributed by atoms with Crippen molar-refractivity contribution in [1.29, 1.82) is 0 Å². The predicted octanol–water partition coefficient (Wildman–Crippen LogP) is 3.31. The van der Waals surface area contributed by atoms with Crippen LogP contribution in [-0.4, -0.2) is 23.2 Å². The number of nitrogens with two attached hydrogens (primary N) is 2. The highest BCUT2D eigenvalue weighted by molar-refractivity contribution is 8.04. The standard InChI is InChI=1S/C19H21N5OS/c1-2-4-15-16(7-8-22-18(15)21)24-9-10-26-17(12-24)19(25)23-14-6-3-5-13(20)11-14/h2-8,11-12H,9-10,20H2,1H3,(H2,21,22)(H,23,25)/b4-2-. The lowest BCUT2D eigenvalue weighted by atomic mass is 10.1. The molecule has 0 fully saturated rings. The van der Waals surface area contributed by atoms with Crippen LogP contribution in [0.25, 0.3) is 6.08 Å². The third kappa shape index (κ3) is 4.00. The lowest BCUT2D eigenvalue weighted by Crippen LogP contribution is -2.27. The Morgan fingerprint density at radius 2 is 2.19 bits per heavy atom. The molecular formula is C19H21N5OS. The van der Waals surface area contributed by atoms with E-state index in [4.69, 9.17) is 11.5 Å². The first-order valence-corrected chi connectivity index (χ1v) is 9.22. The first-order chi connectivity index (χ1) is 12.6. The van der Waals surface area contributed by atoms with E-state index in [1.165, 1.54) is 11.8 Å². The van der Waals surface area contributed by atoms with Crippen LogP contribution in [0.4, 0.5) is 22.9 Å². The molecule has 0 radical (unpaired) electrons. The summed E-state index contributed by atoms with van der Waals surface area (Å²) in [5.41, 5.74) is 14.9. The number of benzene rings is 1. The Morgan fingerprint density at radius 1 is 1.35 bits per heavy atom. The Labute approximate surface area is 157 Å². The molecule has 0 saturated carbocycles. The summed E-state index contributed by atoms with van der Waals surface area (Å²) in [6, 6.07) is 9.04. The van der Waals surface area contributed by atoms with Crippen LogP contribution in [-0.2, 0) is 4.79 Å². The van der Waals surface area contributed by atoms with Crippen LogP contribution in [0.1, 0.15) is 12.5 Å². The van der Waals surface area contributed by atoms with Crippen molar-refractivity contribution in [2.24, 2.45) is 0 Å². The van der Waals surface area contributed by atoms with E-state index in [9.17, 15) is 4.79 Å². The minimum atomic E-state index is -0.153. The van der Waals surface area contributed by atoms with Gasteiger partial charge in [0, 0.05) is 41.6 Å². The zero-order chi connectivity index (χ0) is 18.5. The molecule has 1 aromatic heterocycles. The van der Waals surface area contributed by atoms with E-state index in [1.807, 2.05) is 48.4 Å². The number of amides is 1. The molecule has 0 aliphatic carbocycles.